The summed E-state index contributed by atoms with van der Waals surface area (Å²) in [6.45, 7) is 1.29. The Morgan fingerprint density at radius 3 is 2.86 bits per heavy atom. The highest BCUT2D eigenvalue weighted by atomic mass is 16.5. The second-order valence-corrected chi connectivity index (χ2v) is 5.07. The third-order valence-electron chi connectivity index (χ3n) is 3.46. The molecule has 0 spiro atoms. The van der Waals surface area contributed by atoms with Crippen molar-refractivity contribution in [1.29, 1.82) is 0 Å². The number of urea groups is 1. The molecule has 0 aromatic heterocycles. The maximum absolute atomic E-state index is 11.9. The number of anilines is 1. The first-order valence-corrected chi connectivity index (χ1v) is 7.16. The molecule has 1 aliphatic heterocycles. The first-order chi connectivity index (χ1) is 10.3. The number of carbonyl (C=O) groups excluding carboxylic acids is 1. The molecule has 0 fully saturated rings. The second kappa shape index (κ2) is 6.31. The average molecular weight is 282 g/mol. The van der Waals surface area contributed by atoms with Crippen LogP contribution in [-0.4, -0.2) is 12.6 Å². The quantitative estimate of drug-likeness (QED) is 0.907. The summed E-state index contributed by atoms with van der Waals surface area (Å²) in [6.07, 6.45) is 2.02. The summed E-state index contributed by atoms with van der Waals surface area (Å²) in [5.41, 5.74) is 3.03. The van der Waals surface area contributed by atoms with Gasteiger partial charge < -0.3 is 15.4 Å². The highest BCUT2D eigenvalue weighted by Crippen LogP contribution is 2.27. The number of carbonyl (C=O) groups is 1. The summed E-state index contributed by atoms with van der Waals surface area (Å²) in [5.74, 6) is 0.927. The smallest absolute Gasteiger partial charge is 0.319 e. The van der Waals surface area contributed by atoms with Gasteiger partial charge in [-0.2, -0.15) is 0 Å². The first kappa shape index (κ1) is 13.5. The molecule has 3 rings (SSSR count). The number of aryl methyl sites for hydroxylation is 1. The minimum atomic E-state index is -0.199. The lowest BCUT2D eigenvalue weighted by Crippen LogP contribution is -2.28. The summed E-state index contributed by atoms with van der Waals surface area (Å²) in [6, 6.07) is 15.4. The zero-order chi connectivity index (χ0) is 14.5. The minimum Gasteiger partial charge on any atom is -0.493 e. The van der Waals surface area contributed by atoms with Gasteiger partial charge >= 0.3 is 6.03 Å². The molecule has 1 heterocycles. The zero-order valence-corrected chi connectivity index (χ0v) is 11.8. The molecular weight excluding hydrogens is 264 g/mol. The van der Waals surface area contributed by atoms with Gasteiger partial charge in [0.2, 0.25) is 0 Å². The lowest BCUT2D eigenvalue weighted by atomic mass is 10.1. The van der Waals surface area contributed by atoms with E-state index >= 15 is 0 Å². The third-order valence-corrected chi connectivity index (χ3v) is 3.46. The van der Waals surface area contributed by atoms with E-state index in [1.807, 2.05) is 48.5 Å². The monoisotopic (exact) mass is 282 g/mol. The number of hydrogen-bond acceptors (Lipinski definition) is 2. The largest absolute Gasteiger partial charge is 0.493 e. The fourth-order valence-electron chi connectivity index (χ4n) is 2.39. The fourth-order valence-corrected chi connectivity index (χ4v) is 2.39. The van der Waals surface area contributed by atoms with Crippen molar-refractivity contribution in [2.75, 3.05) is 11.9 Å². The van der Waals surface area contributed by atoms with Crippen LogP contribution >= 0.6 is 0 Å². The van der Waals surface area contributed by atoms with Crippen LogP contribution in [0.1, 0.15) is 17.5 Å². The predicted molar refractivity (Wildman–Crippen MR) is 82.6 cm³/mol. The van der Waals surface area contributed by atoms with E-state index in [1.165, 1.54) is 0 Å². The van der Waals surface area contributed by atoms with E-state index in [2.05, 4.69) is 10.6 Å². The molecule has 21 heavy (non-hydrogen) atoms. The van der Waals surface area contributed by atoms with Crippen molar-refractivity contribution in [1.82, 2.24) is 5.32 Å². The van der Waals surface area contributed by atoms with Gasteiger partial charge in [-0.15, -0.1) is 0 Å². The number of hydrogen-bond donors (Lipinski definition) is 2. The van der Waals surface area contributed by atoms with Crippen LogP contribution in [0.2, 0.25) is 0 Å². The Bertz CT molecular complexity index is 626. The van der Waals surface area contributed by atoms with Gasteiger partial charge in [-0.3, -0.25) is 0 Å². The Hall–Kier alpha value is -2.49. The normalized spacial score (nSPS) is 13.0. The molecule has 1 aliphatic rings. The van der Waals surface area contributed by atoms with E-state index in [4.69, 9.17) is 4.74 Å². The van der Waals surface area contributed by atoms with Crippen LogP contribution in [0.4, 0.5) is 10.5 Å². The number of benzene rings is 2. The molecule has 0 unspecified atom stereocenters. The van der Waals surface area contributed by atoms with E-state index in [0.29, 0.717) is 6.54 Å². The maximum atomic E-state index is 11.9. The molecule has 2 aromatic rings. The van der Waals surface area contributed by atoms with Gasteiger partial charge in [-0.25, -0.2) is 4.79 Å². The Kier molecular flexibility index (Phi) is 4.05. The van der Waals surface area contributed by atoms with E-state index in [1.54, 1.807) is 0 Å². The van der Waals surface area contributed by atoms with Gasteiger partial charge in [0.15, 0.2) is 0 Å². The molecule has 0 saturated heterocycles. The molecule has 108 valence electrons. The first-order valence-electron chi connectivity index (χ1n) is 7.16. The molecule has 2 amide bonds. The lowest BCUT2D eigenvalue weighted by molar-refractivity contribution is 0.251. The molecule has 0 saturated carbocycles. The van der Waals surface area contributed by atoms with Gasteiger partial charge in [-0.1, -0.05) is 30.3 Å². The van der Waals surface area contributed by atoms with Crippen molar-refractivity contribution in [3.63, 3.8) is 0 Å². The SMILES string of the molecule is O=C(NCc1ccccc1)Nc1ccc2c(c1)CCCO2. The summed E-state index contributed by atoms with van der Waals surface area (Å²) >= 11 is 0. The van der Waals surface area contributed by atoms with Crippen molar-refractivity contribution < 1.29 is 9.53 Å². The summed E-state index contributed by atoms with van der Waals surface area (Å²) in [4.78, 5) is 11.9. The van der Waals surface area contributed by atoms with Crippen LogP contribution in [-0.2, 0) is 13.0 Å². The summed E-state index contributed by atoms with van der Waals surface area (Å²) in [5, 5.41) is 5.70. The molecule has 0 radical (unpaired) electrons. The Labute approximate surface area is 124 Å². The Morgan fingerprint density at radius 2 is 2.00 bits per heavy atom. The number of nitrogens with one attached hydrogen (secondary N) is 2. The zero-order valence-electron chi connectivity index (χ0n) is 11.8. The maximum Gasteiger partial charge on any atom is 0.319 e. The highest BCUT2D eigenvalue weighted by Gasteiger charge is 2.11. The van der Waals surface area contributed by atoms with Gasteiger partial charge in [0.1, 0.15) is 5.75 Å². The van der Waals surface area contributed by atoms with Gasteiger partial charge in [0, 0.05) is 12.2 Å². The van der Waals surface area contributed by atoms with Crippen LogP contribution in [0.15, 0.2) is 48.5 Å². The van der Waals surface area contributed by atoms with Crippen molar-refractivity contribution in [3.8, 4) is 5.75 Å². The standard InChI is InChI=1S/C17H18N2O2/c20-17(18-12-13-5-2-1-3-6-13)19-15-8-9-16-14(11-15)7-4-10-21-16/h1-3,5-6,8-9,11H,4,7,10,12H2,(H2,18,19,20). The van der Waals surface area contributed by atoms with Gasteiger partial charge in [0.25, 0.3) is 0 Å². The summed E-state index contributed by atoms with van der Waals surface area (Å²) in [7, 11) is 0. The van der Waals surface area contributed by atoms with E-state index < -0.39 is 0 Å². The minimum absolute atomic E-state index is 0.199. The topological polar surface area (TPSA) is 50.4 Å². The summed E-state index contributed by atoms with van der Waals surface area (Å²) < 4.78 is 5.56. The molecule has 0 atom stereocenters. The van der Waals surface area contributed by atoms with Crippen LogP contribution in [0, 0.1) is 0 Å². The highest BCUT2D eigenvalue weighted by molar-refractivity contribution is 5.89. The number of ether oxygens (including phenoxy) is 1. The molecule has 0 bridgehead atoms. The second-order valence-electron chi connectivity index (χ2n) is 5.07. The molecule has 2 N–H and O–H groups in total. The van der Waals surface area contributed by atoms with Crippen molar-refractivity contribution in [2.24, 2.45) is 0 Å². The van der Waals surface area contributed by atoms with E-state index in [9.17, 15) is 4.79 Å². The third kappa shape index (κ3) is 3.54. The Morgan fingerprint density at radius 1 is 1.14 bits per heavy atom. The van der Waals surface area contributed by atoms with Gasteiger partial charge in [-0.05, 0) is 42.2 Å². The van der Waals surface area contributed by atoms with Crippen LogP contribution < -0.4 is 15.4 Å². The molecule has 4 nitrogen and oxygen atoms in total. The lowest BCUT2D eigenvalue weighted by Gasteiger charge is -2.18. The predicted octanol–water partition coefficient (Wildman–Crippen LogP) is 3.33. The van der Waals surface area contributed by atoms with E-state index in [-0.39, 0.29) is 6.03 Å². The van der Waals surface area contributed by atoms with Crippen molar-refractivity contribution in [3.05, 3.63) is 59.7 Å². The number of amides is 2. The molecule has 4 heteroatoms. The van der Waals surface area contributed by atoms with Crippen molar-refractivity contribution >= 4 is 11.7 Å². The van der Waals surface area contributed by atoms with Crippen LogP contribution in [0.25, 0.3) is 0 Å². The van der Waals surface area contributed by atoms with Crippen LogP contribution in [0.3, 0.4) is 0 Å². The van der Waals surface area contributed by atoms with Gasteiger partial charge in [0.05, 0.1) is 6.61 Å². The fraction of sp³-hybridized carbons (Fsp3) is 0.235. The van der Waals surface area contributed by atoms with Crippen molar-refractivity contribution in [2.45, 2.75) is 19.4 Å². The molecule has 0 aliphatic carbocycles. The average Bonchev–Trinajstić information content (AvgIpc) is 2.54. The molecule has 2 aromatic carbocycles. The number of fused-ring (bicyclic) bond motifs is 1. The number of rotatable bonds is 3. The molecular formula is C17H18N2O2. The Balaban J connectivity index is 1.57. The van der Waals surface area contributed by atoms with Crippen LogP contribution in [0.5, 0.6) is 5.75 Å². The van der Waals surface area contributed by atoms with E-state index in [0.717, 1.165) is 42.0 Å².